The molecule has 0 saturated heterocycles. The Hall–Kier alpha value is -2.60. The number of nitro benzene ring substituents is 1. The molecule has 2 rings (SSSR count). The first-order valence-electron chi connectivity index (χ1n) is 6.80. The molecule has 1 unspecified atom stereocenters. The van der Waals surface area contributed by atoms with E-state index in [0.717, 1.165) is 5.56 Å². The maximum atomic E-state index is 10.9. The Morgan fingerprint density at radius 3 is 2.23 bits per heavy atom. The minimum atomic E-state index is -0.889. The molecule has 0 radical (unpaired) electrons. The van der Waals surface area contributed by atoms with Gasteiger partial charge in [0, 0.05) is 6.07 Å². The first kappa shape index (κ1) is 15.8. The number of ether oxygens (including phenoxy) is 2. The minimum Gasteiger partial charge on any atom is -0.490 e. The van der Waals surface area contributed by atoms with Crippen LogP contribution in [0.5, 0.6) is 11.5 Å². The number of rotatable bonds is 7. The van der Waals surface area contributed by atoms with Gasteiger partial charge in [-0.25, -0.2) is 0 Å². The van der Waals surface area contributed by atoms with Crippen LogP contribution in [0.4, 0.5) is 5.69 Å². The molecule has 0 saturated carbocycles. The van der Waals surface area contributed by atoms with Gasteiger partial charge in [0.25, 0.3) is 0 Å². The molecule has 116 valence electrons. The number of nitro groups is 1. The molecule has 0 aromatic heterocycles. The zero-order valence-corrected chi connectivity index (χ0v) is 12.1. The first-order chi connectivity index (χ1) is 10.6. The van der Waals surface area contributed by atoms with Crippen LogP contribution in [0, 0.1) is 17.0 Å². The molecule has 0 amide bonds. The van der Waals surface area contributed by atoms with Crippen LogP contribution in [-0.4, -0.2) is 29.3 Å². The van der Waals surface area contributed by atoms with E-state index in [1.165, 1.54) is 12.1 Å². The highest BCUT2D eigenvalue weighted by Gasteiger charge is 2.15. The fourth-order valence-electron chi connectivity index (χ4n) is 1.87. The molecule has 0 aliphatic carbocycles. The van der Waals surface area contributed by atoms with Crippen molar-refractivity contribution in [2.24, 2.45) is 0 Å². The predicted molar refractivity (Wildman–Crippen MR) is 81.3 cm³/mol. The van der Waals surface area contributed by atoms with Crippen LogP contribution in [0.1, 0.15) is 5.56 Å². The number of aliphatic hydroxyl groups excluding tert-OH is 1. The third-order valence-electron chi connectivity index (χ3n) is 3.02. The van der Waals surface area contributed by atoms with Crippen molar-refractivity contribution in [1.29, 1.82) is 0 Å². The van der Waals surface area contributed by atoms with E-state index in [1.807, 2.05) is 31.2 Å². The van der Waals surface area contributed by atoms with Gasteiger partial charge in [-0.05, 0) is 24.6 Å². The monoisotopic (exact) mass is 303 g/mol. The second-order valence-electron chi connectivity index (χ2n) is 4.77. The Labute approximate surface area is 128 Å². The first-order valence-corrected chi connectivity index (χ1v) is 6.80. The van der Waals surface area contributed by atoms with E-state index in [0.29, 0.717) is 5.75 Å². The zero-order chi connectivity index (χ0) is 15.9. The topological polar surface area (TPSA) is 81.8 Å². The summed E-state index contributed by atoms with van der Waals surface area (Å²) in [5, 5.41) is 20.7. The van der Waals surface area contributed by atoms with Crippen LogP contribution in [0.3, 0.4) is 0 Å². The number of hydrogen-bond acceptors (Lipinski definition) is 5. The van der Waals surface area contributed by atoms with E-state index in [2.05, 4.69) is 0 Å². The lowest BCUT2D eigenvalue weighted by molar-refractivity contribution is -0.385. The summed E-state index contributed by atoms with van der Waals surface area (Å²) in [4.78, 5) is 10.3. The highest BCUT2D eigenvalue weighted by Crippen LogP contribution is 2.25. The van der Waals surface area contributed by atoms with Gasteiger partial charge in [0.05, 0.1) is 4.92 Å². The van der Waals surface area contributed by atoms with E-state index in [-0.39, 0.29) is 24.7 Å². The Morgan fingerprint density at radius 2 is 1.59 bits per heavy atom. The Bertz CT molecular complexity index is 644. The van der Waals surface area contributed by atoms with Crippen LogP contribution in [0.25, 0.3) is 0 Å². The normalized spacial score (nSPS) is 11.7. The molecule has 0 bridgehead atoms. The van der Waals surface area contributed by atoms with Gasteiger partial charge < -0.3 is 14.6 Å². The lowest BCUT2D eigenvalue weighted by atomic mass is 10.2. The molecule has 0 fully saturated rings. The summed E-state index contributed by atoms with van der Waals surface area (Å²) in [6, 6.07) is 13.5. The van der Waals surface area contributed by atoms with Crippen LogP contribution in [-0.2, 0) is 0 Å². The van der Waals surface area contributed by atoms with Gasteiger partial charge in [0.2, 0.25) is 0 Å². The molecule has 1 N–H and O–H groups in total. The number of aliphatic hydroxyl groups is 1. The van der Waals surface area contributed by atoms with Crippen molar-refractivity contribution in [2.75, 3.05) is 13.2 Å². The molecular formula is C16H17NO5. The summed E-state index contributed by atoms with van der Waals surface area (Å²) < 4.78 is 10.8. The second kappa shape index (κ2) is 7.42. The van der Waals surface area contributed by atoms with Gasteiger partial charge in [-0.3, -0.25) is 10.1 Å². The average molecular weight is 303 g/mol. The van der Waals surface area contributed by atoms with E-state index in [1.54, 1.807) is 12.1 Å². The number of para-hydroxylation sites is 3. The van der Waals surface area contributed by atoms with E-state index in [4.69, 9.17) is 9.47 Å². The van der Waals surface area contributed by atoms with Crippen molar-refractivity contribution in [3.63, 3.8) is 0 Å². The van der Waals surface area contributed by atoms with Gasteiger partial charge in [-0.1, -0.05) is 30.3 Å². The summed E-state index contributed by atoms with van der Waals surface area (Å²) in [6.07, 6.45) is -0.889. The molecule has 6 nitrogen and oxygen atoms in total. The standard InChI is InChI=1S/C16H17NO5/c1-12-6-2-4-8-15(12)21-10-13(18)11-22-16-9-5-3-7-14(16)17(19)20/h2-9,13,18H,10-11H2,1H3. The van der Waals surface area contributed by atoms with Crippen molar-refractivity contribution >= 4 is 5.69 Å². The fourth-order valence-corrected chi connectivity index (χ4v) is 1.87. The number of hydrogen-bond donors (Lipinski definition) is 1. The summed E-state index contributed by atoms with van der Waals surface area (Å²) >= 11 is 0. The van der Waals surface area contributed by atoms with Crippen LogP contribution >= 0.6 is 0 Å². The summed E-state index contributed by atoms with van der Waals surface area (Å²) in [7, 11) is 0. The molecule has 2 aromatic carbocycles. The molecule has 0 spiro atoms. The molecule has 22 heavy (non-hydrogen) atoms. The van der Waals surface area contributed by atoms with Crippen molar-refractivity contribution in [3.8, 4) is 11.5 Å². The summed E-state index contributed by atoms with van der Waals surface area (Å²) in [5.74, 6) is 0.815. The molecule has 6 heteroatoms. The molecule has 0 aliphatic rings. The van der Waals surface area contributed by atoms with Crippen molar-refractivity contribution in [2.45, 2.75) is 13.0 Å². The van der Waals surface area contributed by atoms with Gasteiger partial charge in [-0.2, -0.15) is 0 Å². The SMILES string of the molecule is Cc1ccccc1OCC(O)COc1ccccc1[N+](=O)[O-]. The summed E-state index contributed by atoms with van der Waals surface area (Å²) in [5.41, 5.74) is 0.837. The van der Waals surface area contributed by atoms with Crippen LogP contribution in [0.15, 0.2) is 48.5 Å². The van der Waals surface area contributed by atoms with E-state index >= 15 is 0 Å². The van der Waals surface area contributed by atoms with E-state index < -0.39 is 11.0 Å². The Kier molecular flexibility index (Phi) is 5.32. The third kappa shape index (κ3) is 4.20. The number of nitrogens with zero attached hydrogens (tertiary/aromatic N) is 1. The van der Waals surface area contributed by atoms with Crippen LogP contribution in [0.2, 0.25) is 0 Å². The molecule has 0 aliphatic heterocycles. The quantitative estimate of drug-likeness (QED) is 0.628. The number of aryl methyl sites for hydroxylation is 1. The van der Waals surface area contributed by atoms with E-state index in [9.17, 15) is 15.2 Å². The third-order valence-corrected chi connectivity index (χ3v) is 3.02. The highest BCUT2D eigenvalue weighted by molar-refractivity contribution is 5.45. The minimum absolute atomic E-state index is 0.0471. The smallest absolute Gasteiger partial charge is 0.310 e. The maximum absolute atomic E-state index is 10.9. The molecular weight excluding hydrogens is 286 g/mol. The fraction of sp³-hybridized carbons (Fsp3) is 0.250. The Morgan fingerprint density at radius 1 is 1.05 bits per heavy atom. The maximum Gasteiger partial charge on any atom is 0.310 e. The van der Waals surface area contributed by atoms with Gasteiger partial charge in [-0.15, -0.1) is 0 Å². The lowest BCUT2D eigenvalue weighted by Crippen LogP contribution is -2.25. The largest absolute Gasteiger partial charge is 0.490 e. The van der Waals surface area contributed by atoms with Crippen molar-refractivity contribution in [1.82, 2.24) is 0 Å². The number of benzene rings is 2. The lowest BCUT2D eigenvalue weighted by Gasteiger charge is -2.14. The molecule has 2 aromatic rings. The van der Waals surface area contributed by atoms with Gasteiger partial charge in [0.1, 0.15) is 25.1 Å². The van der Waals surface area contributed by atoms with Gasteiger partial charge >= 0.3 is 5.69 Å². The molecule has 1 atom stereocenters. The summed E-state index contributed by atoms with van der Waals surface area (Å²) in [6.45, 7) is 1.87. The molecule has 0 heterocycles. The average Bonchev–Trinajstić information content (AvgIpc) is 2.52. The Balaban J connectivity index is 1.87. The van der Waals surface area contributed by atoms with Gasteiger partial charge in [0.15, 0.2) is 5.75 Å². The van der Waals surface area contributed by atoms with Crippen molar-refractivity contribution < 1.29 is 19.5 Å². The zero-order valence-electron chi connectivity index (χ0n) is 12.1. The predicted octanol–water partition coefficient (Wildman–Crippen LogP) is 2.72. The van der Waals surface area contributed by atoms with Crippen LogP contribution < -0.4 is 9.47 Å². The highest BCUT2D eigenvalue weighted by atomic mass is 16.6. The second-order valence-corrected chi connectivity index (χ2v) is 4.77. The van der Waals surface area contributed by atoms with Crippen molar-refractivity contribution in [3.05, 3.63) is 64.2 Å².